The minimum absolute atomic E-state index is 0.0128. The molecule has 12 atom stereocenters. The summed E-state index contributed by atoms with van der Waals surface area (Å²) in [5.41, 5.74) is 3.28. The van der Waals surface area contributed by atoms with E-state index in [-0.39, 0.29) is 64.5 Å². The van der Waals surface area contributed by atoms with Gasteiger partial charge in [0.15, 0.2) is 5.78 Å². The number of rotatable bonds is 16. The molecule has 6 aromatic rings. The number of aromatic nitrogens is 2. The van der Waals surface area contributed by atoms with Crippen molar-refractivity contribution in [2.45, 2.75) is 151 Å². The van der Waals surface area contributed by atoms with Crippen LogP contribution in [-0.2, 0) is 108 Å². The van der Waals surface area contributed by atoms with Crippen LogP contribution in [0.2, 0.25) is 5.02 Å². The molecule has 600 valence electrons. The summed E-state index contributed by atoms with van der Waals surface area (Å²) < 4.78 is 51.7. The number of amides is 11. The molecule has 5 unspecified atom stereocenters. The third-order valence-electron chi connectivity index (χ3n) is 21.5. The molecule has 0 saturated carbocycles. The molecule has 0 aliphatic carbocycles. The van der Waals surface area contributed by atoms with E-state index in [0.717, 1.165) is 37.0 Å². The van der Waals surface area contributed by atoms with E-state index in [0.29, 0.717) is 49.1 Å². The van der Waals surface area contributed by atoms with Crippen molar-refractivity contribution < 1.29 is 89.4 Å². The Labute approximate surface area is 652 Å². The molecular formula is C77H94ClN13O19S2. The molecule has 0 radical (unpaired) electrons. The highest BCUT2D eigenvalue weighted by molar-refractivity contribution is 7.90. The molecule has 32 nitrogen and oxygen atoms in total. The second kappa shape index (κ2) is 35.8. The smallest absolute Gasteiger partial charge is 0.326 e. The van der Waals surface area contributed by atoms with Crippen LogP contribution >= 0.6 is 11.6 Å². The van der Waals surface area contributed by atoms with Gasteiger partial charge in [-0.2, -0.15) is 0 Å². The van der Waals surface area contributed by atoms with Crippen LogP contribution in [0.5, 0.6) is 0 Å². The maximum absolute atomic E-state index is 15.5. The molecule has 5 aliphatic heterocycles. The van der Waals surface area contributed by atoms with Crippen molar-refractivity contribution in [1.29, 1.82) is 0 Å². The Bertz CT molecular complexity index is 4830. The summed E-state index contributed by atoms with van der Waals surface area (Å²) in [5, 5.41) is 33.4. The van der Waals surface area contributed by atoms with Gasteiger partial charge in [-0.15, -0.1) is 0 Å². The van der Waals surface area contributed by atoms with Crippen molar-refractivity contribution in [3.63, 3.8) is 0 Å². The number of aliphatic hydroxyl groups excluding tert-OH is 1. The van der Waals surface area contributed by atoms with Gasteiger partial charge in [0.25, 0.3) is 5.91 Å². The summed E-state index contributed by atoms with van der Waals surface area (Å²) in [4.78, 5) is 207. The number of carbonyl (C=O) groups is 13. The molecular weight excluding hydrogens is 1510 g/mol. The summed E-state index contributed by atoms with van der Waals surface area (Å²) in [6.45, 7) is 0.669. The minimum Gasteiger partial charge on any atom is -0.480 e. The van der Waals surface area contributed by atoms with Gasteiger partial charge in [0.1, 0.15) is 68.0 Å². The molecule has 8 N–H and O–H groups in total. The third kappa shape index (κ3) is 20.0. The quantitative estimate of drug-likeness (QED) is 0.0493. The summed E-state index contributed by atoms with van der Waals surface area (Å²) in [6, 6.07) is 13.8. The highest BCUT2D eigenvalue weighted by Gasteiger charge is 2.54. The van der Waals surface area contributed by atoms with Crippen LogP contribution in [0.3, 0.4) is 0 Å². The predicted octanol–water partition coefficient (Wildman–Crippen LogP) is 0.916. The van der Waals surface area contributed by atoms with E-state index in [4.69, 9.17) is 11.6 Å². The van der Waals surface area contributed by atoms with Crippen LogP contribution in [0.25, 0.3) is 21.8 Å². The monoisotopic (exact) mass is 1600 g/mol. The van der Waals surface area contributed by atoms with Gasteiger partial charge in [0.05, 0.1) is 36.1 Å². The average Bonchev–Trinajstić information content (AvgIpc) is 0.795. The second-order valence-corrected chi connectivity index (χ2v) is 34.5. The van der Waals surface area contributed by atoms with Crippen LogP contribution in [0, 0.1) is 5.92 Å². The van der Waals surface area contributed by atoms with E-state index in [1.165, 1.54) is 44.9 Å². The fourth-order valence-electron chi connectivity index (χ4n) is 15.3. The topological polar surface area (TPSA) is 433 Å². The molecule has 2 aromatic heterocycles. The number of β-lactam (4-membered cyclic amide) rings is 1. The molecule has 112 heavy (non-hydrogen) atoms. The van der Waals surface area contributed by atoms with Gasteiger partial charge in [0.2, 0.25) is 65.3 Å². The molecule has 2 bridgehead atoms. The maximum atomic E-state index is 15.5. The number of Topliss-reactive ketones (excluding diaryl/α,β-unsaturated/α-hetero) is 1. The lowest BCUT2D eigenvalue weighted by molar-refractivity contribution is -0.170. The number of ketones is 1. The number of benzene rings is 4. The number of H-pyrrole nitrogens is 2. The molecule has 4 aromatic carbocycles. The van der Waals surface area contributed by atoms with E-state index in [1.807, 2.05) is 0 Å². The van der Waals surface area contributed by atoms with Gasteiger partial charge in [-0.25, -0.2) is 21.6 Å². The second-order valence-electron chi connectivity index (χ2n) is 29.5. The Balaban J connectivity index is 1.05. The molecule has 5 aliphatic rings. The summed E-state index contributed by atoms with van der Waals surface area (Å²) in [6.07, 6.45) is -1.15. The Morgan fingerprint density at radius 2 is 1.06 bits per heavy atom. The van der Waals surface area contributed by atoms with E-state index < -0.39 is 213 Å². The first kappa shape index (κ1) is 83.9. The fourth-order valence-corrected chi connectivity index (χ4v) is 16.8. The SMILES string of the molecule is CC1C2C(=O)N1[C@@H](Cc1c[nH]c3ccccc13)C(=O)CC(C(=O)N1CCC[C@H]1C(=O)O)CC(=O)NC(O)C(=O)N[C@@H](CCS(C)(=O)=O)C(=O)N(C)[C@@H](Cc1ccccc1)C(=O)NC(Cc1c[nH]c3ccccc13)C(=O)N1CCC[C@H]1C(=O)N(C)CC(=O)N(C)[C@@H](Cc1ccc(Cl)cc1)C(=O)N[C@@H](CCS(C)(=O)=O)C(=O)N2C. The lowest BCUT2D eigenvalue weighted by Gasteiger charge is -2.52. The number of aliphatic hydroxyl groups is 1. The molecule has 0 spiro atoms. The van der Waals surface area contributed by atoms with Crippen molar-refractivity contribution in [1.82, 2.24) is 65.5 Å². The van der Waals surface area contributed by atoms with Crippen molar-refractivity contribution in [2.24, 2.45) is 5.92 Å². The number of nitrogens with one attached hydrogen (secondary N) is 6. The highest BCUT2D eigenvalue weighted by atomic mass is 35.5. The van der Waals surface area contributed by atoms with Gasteiger partial charge >= 0.3 is 5.97 Å². The molecule has 35 heteroatoms. The number of para-hydroxylation sites is 2. The largest absolute Gasteiger partial charge is 0.480 e. The number of hydrogen-bond donors (Lipinski definition) is 8. The average molecular weight is 1610 g/mol. The van der Waals surface area contributed by atoms with Crippen LogP contribution in [0.15, 0.2) is 116 Å². The molecule has 11 rings (SSSR count). The first-order chi connectivity index (χ1) is 53.0. The number of halogens is 1. The van der Waals surface area contributed by atoms with E-state index >= 15 is 33.6 Å². The van der Waals surface area contributed by atoms with E-state index in [9.17, 15) is 55.8 Å². The highest BCUT2D eigenvalue weighted by Crippen LogP contribution is 2.34. The molecule has 11 amide bonds. The Morgan fingerprint density at radius 1 is 0.545 bits per heavy atom. The van der Waals surface area contributed by atoms with Crippen LogP contribution < -0.4 is 21.3 Å². The van der Waals surface area contributed by atoms with Crippen molar-refractivity contribution >= 4 is 130 Å². The zero-order valence-electron chi connectivity index (χ0n) is 63.1. The van der Waals surface area contributed by atoms with E-state index in [2.05, 4.69) is 31.2 Å². The Hall–Kier alpha value is -10.6. The zero-order valence-corrected chi connectivity index (χ0v) is 65.5. The molecule has 5 saturated heterocycles. The summed E-state index contributed by atoms with van der Waals surface area (Å²) >= 11 is 6.29. The number of carbonyl (C=O) groups excluding carboxylic acids is 12. The molecule has 7 heterocycles. The van der Waals surface area contributed by atoms with Gasteiger partial charge in [-0.1, -0.05) is 90.5 Å². The number of nitrogens with zero attached hydrogens (tertiary/aromatic N) is 7. The number of aliphatic carboxylic acids is 1. The number of aromatic amines is 2. The first-order valence-corrected chi connectivity index (χ1v) is 41.3. The predicted molar refractivity (Wildman–Crippen MR) is 410 cm³/mol. The standard InChI is InChI=1S/C77H94ClN13O19S2/c1-44-66-76(104)91(44)60(38-49-42-80-54-22-14-12-20-52(49)54)63(92)39-47(71(99)90-32-16-24-59(90)77(105)106)40-64(93)84-70(98)69(97)82-55(29-33-111(6,107)108)72(100)87(4)62(35-45-17-9-8-10-18-45)68(96)83-57(37-48-41-79-53-21-13-11-19-51(48)53)74(102)89-31-15-23-58(89)75(103)85(2)43-65(94)86(3)61(36-46-25-27-50(78)28-26-46)67(95)81-56(73(101)88(66)5)30-34-112(7,109)110/h8-14,17-22,25-28,41-42,44,47,55-62,66,70,79-80,98H,15-16,23-24,29-40,43H2,1-7H3,(H,81,95)(H,82,97)(H,83,96)(H,84,93)(H,105,106)/t44?,47?,55-,56-,57?,58-,59-,60-,61-,62-,66?,70?/m0/s1. The van der Waals surface area contributed by atoms with Gasteiger partial charge < -0.3 is 75.7 Å². The lowest BCUT2D eigenvalue weighted by atomic mass is 9.85. The van der Waals surface area contributed by atoms with Crippen LogP contribution in [0.4, 0.5) is 0 Å². The normalized spacial score (nSPS) is 25.4. The zero-order chi connectivity index (χ0) is 81.4. The Morgan fingerprint density at radius 3 is 1.63 bits per heavy atom. The maximum Gasteiger partial charge on any atom is 0.326 e. The number of hydrogen-bond acceptors (Lipinski definition) is 18. The number of fused-ring (bicyclic) bond motifs is 29. The van der Waals surface area contributed by atoms with Gasteiger partial charge in [0, 0.05) is 132 Å². The van der Waals surface area contributed by atoms with E-state index in [1.54, 1.807) is 116 Å². The fraction of sp³-hybridized carbons (Fsp3) is 0.468. The van der Waals surface area contributed by atoms with Crippen LogP contribution in [-0.4, -0.2) is 287 Å². The third-order valence-corrected chi connectivity index (χ3v) is 23.7. The first-order valence-electron chi connectivity index (χ1n) is 36.8. The molecule has 5 fully saturated rings. The number of carboxylic acid groups (broad SMARTS) is 1. The number of likely N-dealkylation sites (N-methyl/N-ethyl adjacent to an activating group) is 4. The lowest BCUT2D eigenvalue weighted by Crippen LogP contribution is -2.74. The number of carboxylic acids is 1. The van der Waals surface area contributed by atoms with Gasteiger partial charge in [-0.3, -0.25) is 57.5 Å². The minimum atomic E-state index is -3.96. The summed E-state index contributed by atoms with van der Waals surface area (Å²) in [7, 11) is -2.82. The van der Waals surface area contributed by atoms with Gasteiger partial charge in [-0.05, 0) is 92.0 Å². The van der Waals surface area contributed by atoms with Crippen molar-refractivity contribution in [2.75, 3.05) is 71.8 Å². The number of sulfone groups is 2. The van der Waals surface area contributed by atoms with Crippen LogP contribution in [0.1, 0.15) is 80.5 Å². The Kier molecular flexibility index (Phi) is 26.8. The van der Waals surface area contributed by atoms with Crippen molar-refractivity contribution in [3.8, 4) is 0 Å². The summed E-state index contributed by atoms with van der Waals surface area (Å²) in [5.74, 6) is -16.3. The van der Waals surface area contributed by atoms with Crippen molar-refractivity contribution in [3.05, 3.63) is 143 Å². The number of likely N-dealkylation sites (tertiary alicyclic amines) is 1.